The Kier molecular flexibility index (Phi) is 4.03. The fraction of sp³-hybridized carbons (Fsp3) is 0.333. The SMILES string of the molecule is C/C=C(C)/C=C\P. The Morgan fingerprint density at radius 1 is 1.57 bits per heavy atom. The molecule has 0 saturated heterocycles. The van der Waals surface area contributed by atoms with Gasteiger partial charge in [-0.2, -0.15) is 0 Å². The van der Waals surface area contributed by atoms with E-state index in [0.717, 1.165) is 0 Å². The van der Waals surface area contributed by atoms with E-state index in [4.69, 9.17) is 0 Å². The molecule has 0 aromatic rings. The predicted octanol–water partition coefficient (Wildman–Crippen LogP) is 2.34. The molecule has 7 heavy (non-hydrogen) atoms. The molecular formula is C6H11P. The molecule has 0 aromatic carbocycles. The fourth-order valence-electron chi connectivity index (χ4n) is 0.248. The maximum Gasteiger partial charge on any atom is -0.0401 e. The number of allylic oxidation sites excluding steroid dienone is 3. The van der Waals surface area contributed by atoms with Crippen molar-refractivity contribution in [2.24, 2.45) is 0 Å². The van der Waals surface area contributed by atoms with Gasteiger partial charge in [0.15, 0.2) is 0 Å². The highest BCUT2D eigenvalue weighted by Gasteiger charge is 1.69. The first kappa shape index (κ1) is 6.91. The molecule has 0 nitrogen and oxygen atoms in total. The van der Waals surface area contributed by atoms with Crippen LogP contribution in [0.3, 0.4) is 0 Å². The van der Waals surface area contributed by atoms with Crippen molar-refractivity contribution in [3.8, 4) is 0 Å². The van der Waals surface area contributed by atoms with Crippen LogP contribution in [-0.4, -0.2) is 0 Å². The standard InChI is InChI=1S/C6H11P/c1-3-6(2)4-5-7/h3-5H,7H2,1-2H3/b5-4-,6-3+. The third-order valence-corrected chi connectivity index (χ3v) is 1.01. The van der Waals surface area contributed by atoms with Crippen molar-refractivity contribution < 1.29 is 0 Å². The van der Waals surface area contributed by atoms with E-state index in [1.807, 2.05) is 18.8 Å². The summed E-state index contributed by atoms with van der Waals surface area (Å²) >= 11 is 0. The van der Waals surface area contributed by atoms with Gasteiger partial charge in [-0.15, -0.1) is 9.24 Å². The van der Waals surface area contributed by atoms with E-state index in [1.165, 1.54) is 5.57 Å². The van der Waals surface area contributed by atoms with Gasteiger partial charge in [-0.1, -0.05) is 23.5 Å². The largest absolute Gasteiger partial charge is 0.114 e. The summed E-state index contributed by atoms with van der Waals surface area (Å²) < 4.78 is 0. The van der Waals surface area contributed by atoms with E-state index in [2.05, 4.69) is 22.2 Å². The molecule has 0 aliphatic carbocycles. The molecule has 1 unspecified atom stereocenters. The van der Waals surface area contributed by atoms with Gasteiger partial charge in [-0.05, 0) is 13.8 Å². The molecule has 0 fully saturated rings. The summed E-state index contributed by atoms with van der Waals surface area (Å²) in [6.45, 7) is 4.10. The molecule has 0 spiro atoms. The lowest BCUT2D eigenvalue weighted by atomic mass is 10.3. The van der Waals surface area contributed by atoms with E-state index >= 15 is 0 Å². The lowest BCUT2D eigenvalue weighted by Gasteiger charge is -1.81. The monoisotopic (exact) mass is 114 g/mol. The van der Waals surface area contributed by atoms with Gasteiger partial charge >= 0.3 is 0 Å². The molecule has 0 amide bonds. The van der Waals surface area contributed by atoms with E-state index in [1.54, 1.807) is 0 Å². The summed E-state index contributed by atoms with van der Waals surface area (Å²) in [5, 5.41) is 0. The third kappa shape index (κ3) is 3.75. The first-order valence-corrected chi connectivity index (χ1v) is 2.99. The zero-order chi connectivity index (χ0) is 5.70. The van der Waals surface area contributed by atoms with E-state index < -0.39 is 0 Å². The molecule has 0 saturated carbocycles. The minimum absolute atomic E-state index is 1.30. The van der Waals surface area contributed by atoms with E-state index in [-0.39, 0.29) is 0 Å². The van der Waals surface area contributed by atoms with Gasteiger partial charge in [-0.3, -0.25) is 0 Å². The van der Waals surface area contributed by atoms with Gasteiger partial charge in [0.1, 0.15) is 0 Å². The van der Waals surface area contributed by atoms with Crippen molar-refractivity contribution in [3.63, 3.8) is 0 Å². The minimum Gasteiger partial charge on any atom is -0.114 e. The lowest BCUT2D eigenvalue weighted by Crippen LogP contribution is -1.58. The number of rotatable bonds is 1. The fourth-order valence-corrected chi connectivity index (χ4v) is 0.552. The Labute approximate surface area is 47.5 Å². The summed E-state index contributed by atoms with van der Waals surface area (Å²) in [4.78, 5) is 0. The van der Waals surface area contributed by atoms with Crippen LogP contribution in [0.5, 0.6) is 0 Å². The molecule has 0 aliphatic heterocycles. The second kappa shape index (κ2) is 4.08. The van der Waals surface area contributed by atoms with Crippen molar-refractivity contribution in [2.45, 2.75) is 13.8 Å². The van der Waals surface area contributed by atoms with Gasteiger partial charge in [0.05, 0.1) is 0 Å². The van der Waals surface area contributed by atoms with Gasteiger partial charge in [-0.25, -0.2) is 0 Å². The second-order valence-electron chi connectivity index (χ2n) is 1.39. The summed E-state index contributed by atoms with van der Waals surface area (Å²) in [6, 6.07) is 0. The molecule has 0 N–H and O–H groups in total. The zero-order valence-corrected chi connectivity index (χ0v) is 5.96. The van der Waals surface area contributed by atoms with E-state index in [0.29, 0.717) is 0 Å². The predicted molar refractivity (Wildman–Crippen MR) is 38.3 cm³/mol. The van der Waals surface area contributed by atoms with Crippen LogP contribution >= 0.6 is 9.24 Å². The topological polar surface area (TPSA) is 0 Å². The smallest absolute Gasteiger partial charge is 0.0401 e. The summed E-state index contributed by atoms with van der Waals surface area (Å²) in [5.41, 5.74) is 1.30. The van der Waals surface area contributed by atoms with Crippen molar-refractivity contribution in [3.05, 3.63) is 23.5 Å². The van der Waals surface area contributed by atoms with E-state index in [9.17, 15) is 0 Å². The Hall–Kier alpha value is -0.0900. The van der Waals surface area contributed by atoms with Crippen molar-refractivity contribution in [2.75, 3.05) is 0 Å². The van der Waals surface area contributed by atoms with Crippen LogP contribution < -0.4 is 0 Å². The van der Waals surface area contributed by atoms with Crippen LogP contribution in [0.2, 0.25) is 0 Å². The lowest BCUT2D eigenvalue weighted by molar-refractivity contribution is 1.49. The van der Waals surface area contributed by atoms with Crippen LogP contribution in [0, 0.1) is 0 Å². The quantitative estimate of drug-likeness (QED) is 0.362. The molecule has 0 rings (SSSR count). The maximum atomic E-state index is 2.53. The van der Waals surface area contributed by atoms with Gasteiger partial charge in [0.2, 0.25) is 0 Å². The summed E-state index contributed by atoms with van der Waals surface area (Å²) in [5.74, 6) is 1.95. The van der Waals surface area contributed by atoms with Crippen molar-refractivity contribution in [1.29, 1.82) is 0 Å². The van der Waals surface area contributed by atoms with Crippen LogP contribution in [-0.2, 0) is 0 Å². The first-order chi connectivity index (χ1) is 3.31. The Morgan fingerprint density at radius 2 is 2.14 bits per heavy atom. The number of hydrogen-bond donors (Lipinski definition) is 0. The van der Waals surface area contributed by atoms with Crippen LogP contribution in [0.25, 0.3) is 0 Å². The molecule has 0 aromatic heterocycles. The average molecular weight is 114 g/mol. The van der Waals surface area contributed by atoms with Gasteiger partial charge in [0.25, 0.3) is 0 Å². The Morgan fingerprint density at radius 3 is 2.29 bits per heavy atom. The average Bonchev–Trinajstić information content (AvgIpc) is 1.68. The maximum absolute atomic E-state index is 2.53. The van der Waals surface area contributed by atoms with Crippen molar-refractivity contribution in [1.82, 2.24) is 0 Å². The number of hydrogen-bond acceptors (Lipinski definition) is 0. The third-order valence-electron chi connectivity index (χ3n) is 0.814. The molecule has 0 heterocycles. The molecule has 0 aliphatic rings. The Balaban J connectivity index is 3.58. The molecular weight excluding hydrogens is 103 g/mol. The Bertz CT molecular complexity index is 90.4. The van der Waals surface area contributed by atoms with Crippen LogP contribution in [0.4, 0.5) is 0 Å². The highest BCUT2D eigenvalue weighted by Crippen LogP contribution is 1.95. The highest BCUT2D eigenvalue weighted by molar-refractivity contribution is 7.20. The van der Waals surface area contributed by atoms with Crippen LogP contribution in [0.15, 0.2) is 23.5 Å². The highest BCUT2D eigenvalue weighted by atomic mass is 31.0. The summed E-state index contributed by atoms with van der Waals surface area (Å²) in [6.07, 6.45) is 4.12. The molecule has 1 heteroatoms. The van der Waals surface area contributed by atoms with Gasteiger partial charge < -0.3 is 0 Å². The second-order valence-corrected chi connectivity index (χ2v) is 1.78. The summed E-state index contributed by atoms with van der Waals surface area (Å²) in [7, 11) is 2.53. The van der Waals surface area contributed by atoms with Crippen molar-refractivity contribution >= 4 is 9.24 Å². The molecule has 1 atom stereocenters. The molecule has 0 radical (unpaired) electrons. The van der Waals surface area contributed by atoms with Crippen LogP contribution in [0.1, 0.15) is 13.8 Å². The normalized spacial score (nSPS) is 13.3. The van der Waals surface area contributed by atoms with Gasteiger partial charge in [0, 0.05) is 0 Å². The molecule has 40 valence electrons. The zero-order valence-electron chi connectivity index (χ0n) is 4.81. The first-order valence-electron chi connectivity index (χ1n) is 2.32. The molecule has 0 bridgehead atoms. The minimum atomic E-state index is 1.30.